The highest BCUT2D eigenvalue weighted by molar-refractivity contribution is 5.79. The summed E-state index contributed by atoms with van der Waals surface area (Å²) in [4.78, 5) is 26.5. The van der Waals surface area contributed by atoms with Crippen LogP contribution in [0.2, 0.25) is 0 Å². The fraction of sp³-hybridized carbons (Fsp3) is 0.895. The number of carbonyl (C=O) groups is 2. The lowest BCUT2D eigenvalue weighted by Gasteiger charge is -2.33. The maximum absolute atomic E-state index is 12.3. The number of hydrogen-bond donors (Lipinski definition) is 2. The summed E-state index contributed by atoms with van der Waals surface area (Å²) in [6.07, 6.45) is 12.7. The van der Waals surface area contributed by atoms with Crippen molar-refractivity contribution >= 4 is 11.9 Å². The first-order chi connectivity index (χ1) is 11.7. The quantitative estimate of drug-likeness (QED) is 0.829. The van der Waals surface area contributed by atoms with Crippen LogP contribution < -0.4 is 10.6 Å². The van der Waals surface area contributed by atoms with Gasteiger partial charge < -0.3 is 15.5 Å². The molecule has 0 aromatic rings. The molecule has 1 saturated heterocycles. The molecule has 0 bridgehead atoms. The van der Waals surface area contributed by atoms with Gasteiger partial charge in [0.1, 0.15) is 0 Å². The normalized spacial score (nSPS) is 24.1. The van der Waals surface area contributed by atoms with Crippen LogP contribution in [0.4, 0.5) is 4.79 Å². The third-order valence-corrected chi connectivity index (χ3v) is 6.12. The molecular weight excluding hydrogens is 302 g/mol. The predicted octanol–water partition coefficient (Wildman–Crippen LogP) is 3.05. The molecular formula is C19H33N3O2. The van der Waals surface area contributed by atoms with Gasteiger partial charge in [-0.15, -0.1) is 0 Å². The summed E-state index contributed by atoms with van der Waals surface area (Å²) in [6, 6.07) is 0.331. The minimum atomic E-state index is 0.0824. The van der Waals surface area contributed by atoms with Crippen LogP contribution in [-0.4, -0.2) is 42.5 Å². The topological polar surface area (TPSA) is 61.4 Å². The van der Waals surface area contributed by atoms with Gasteiger partial charge >= 0.3 is 6.03 Å². The number of carbonyl (C=O) groups excluding carboxylic acids is 2. The van der Waals surface area contributed by atoms with Crippen molar-refractivity contribution < 1.29 is 9.59 Å². The zero-order valence-corrected chi connectivity index (χ0v) is 14.9. The average Bonchev–Trinajstić information content (AvgIpc) is 3.14. The fourth-order valence-corrected chi connectivity index (χ4v) is 4.47. The smallest absolute Gasteiger partial charge is 0.317 e. The molecule has 3 aliphatic rings. The van der Waals surface area contributed by atoms with Crippen LogP contribution in [-0.2, 0) is 4.79 Å². The van der Waals surface area contributed by atoms with Crippen molar-refractivity contribution in [2.24, 2.45) is 11.8 Å². The number of hydrogen-bond acceptors (Lipinski definition) is 2. The van der Waals surface area contributed by atoms with Crippen LogP contribution >= 0.6 is 0 Å². The van der Waals surface area contributed by atoms with E-state index in [1.807, 2.05) is 4.90 Å². The minimum absolute atomic E-state index is 0.0824. The Kier molecular flexibility index (Phi) is 6.38. The molecule has 3 fully saturated rings. The lowest BCUT2D eigenvalue weighted by Crippen LogP contribution is -2.50. The maximum atomic E-state index is 12.3. The largest absolute Gasteiger partial charge is 0.353 e. The highest BCUT2D eigenvalue weighted by Crippen LogP contribution is 2.25. The lowest BCUT2D eigenvalue weighted by atomic mass is 9.88. The number of likely N-dealkylation sites (tertiary alicyclic amines) is 1. The van der Waals surface area contributed by atoms with Crippen LogP contribution in [0, 0.1) is 11.8 Å². The van der Waals surface area contributed by atoms with E-state index in [0.717, 1.165) is 45.3 Å². The standard InChI is InChI=1S/C19H33N3O2/c23-18(16-8-2-1-3-9-16)21-17-10-12-22(13-11-17)19(24)20-14-15-6-4-5-7-15/h15-17H,1-14H2,(H,20,24)(H,21,23). The summed E-state index contributed by atoms with van der Waals surface area (Å²) in [5, 5.41) is 6.33. The molecule has 3 amide bonds. The number of piperidine rings is 1. The van der Waals surface area contributed by atoms with E-state index in [2.05, 4.69) is 10.6 Å². The molecule has 0 aromatic carbocycles. The van der Waals surface area contributed by atoms with Gasteiger partial charge in [-0.3, -0.25) is 4.79 Å². The van der Waals surface area contributed by atoms with Gasteiger partial charge in [-0.25, -0.2) is 4.79 Å². The van der Waals surface area contributed by atoms with Gasteiger partial charge in [-0.05, 0) is 44.4 Å². The van der Waals surface area contributed by atoms with E-state index in [0.29, 0.717) is 5.92 Å². The van der Waals surface area contributed by atoms with Crippen molar-refractivity contribution in [1.29, 1.82) is 0 Å². The molecule has 5 heteroatoms. The molecule has 136 valence electrons. The lowest BCUT2D eigenvalue weighted by molar-refractivity contribution is -0.126. The molecule has 0 radical (unpaired) electrons. The van der Waals surface area contributed by atoms with E-state index in [9.17, 15) is 9.59 Å². The predicted molar refractivity (Wildman–Crippen MR) is 94.7 cm³/mol. The number of nitrogens with zero attached hydrogens (tertiary/aromatic N) is 1. The van der Waals surface area contributed by atoms with Crippen molar-refractivity contribution in [3.05, 3.63) is 0 Å². The van der Waals surface area contributed by atoms with Crippen molar-refractivity contribution in [3.63, 3.8) is 0 Å². The van der Waals surface area contributed by atoms with Gasteiger partial charge in [-0.1, -0.05) is 32.1 Å². The van der Waals surface area contributed by atoms with E-state index in [1.165, 1.54) is 44.9 Å². The molecule has 0 aromatic heterocycles. The fourth-order valence-electron chi connectivity index (χ4n) is 4.47. The molecule has 2 aliphatic carbocycles. The Morgan fingerprint density at radius 2 is 1.46 bits per heavy atom. The number of rotatable bonds is 4. The Morgan fingerprint density at radius 1 is 0.833 bits per heavy atom. The van der Waals surface area contributed by atoms with Crippen molar-refractivity contribution in [3.8, 4) is 0 Å². The van der Waals surface area contributed by atoms with Crippen LogP contribution in [0.5, 0.6) is 0 Å². The zero-order chi connectivity index (χ0) is 16.8. The highest BCUT2D eigenvalue weighted by atomic mass is 16.2. The van der Waals surface area contributed by atoms with Gasteiger partial charge in [0.05, 0.1) is 0 Å². The molecule has 2 saturated carbocycles. The van der Waals surface area contributed by atoms with Crippen LogP contribution in [0.1, 0.15) is 70.6 Å². The second-order valence-electron chi connectivity index (χ2n) is 7.94. The van der Waals surface area contributed by atoms with E-state index < -0.39 is 0 Å². The van der Waals surface area contributed by atoms with Gasteiger partial charge in [0.2, 0.25) is 5.91 Å². The van der Waals surface area contributed by atoms with E-state index in [-0.39, 0.29) is 23.9 Å². The minimum Gasteiger partial charge on any atom is -0.353 e. The average molecular weight is 335 g/mol. The third-order valence-electron chi connectivity index (χ3n) is 6.12. The third kappa shape index (κ3) is 4.87. The summed E-state index contributed by atoms with van der Waals surface area (Å²) in [7, 11) is 0. The van der Waals surface area contributed by atoms with Crippen LogP contribution in [0.3, 0.4) is 0 Å². The molecule has 5 nitrogen and oxygen atoms in total. The molecule has 1 aliphatic heterocycles. The summed E-state index contributed by atoms with van der Waals surface area (Å²) in [6.45, 7) is 2.34. The van der Waals surface area contributed by atoms with E-state index in [4.69, 9.17) is 0 Å². The first-order valence-electron chi connectivity index (χ1n) is 10.1. The molecule has 2 N–H and O–H groups in total. The molecule has 0 spiro atoms. The van der Waals surface area contributed by atoms with Crippen molar-refractivity contribution in [2.75, 3.05) is 19.6 Å². The van der Waals surface area contributed by atoms with Crippen LogP contribution in [0.25, 0.3) is 0 Å². The second kappa shape index (κ2) is 8.72. The zero-order valence-electron chi connectivity index (χ0n) is 14.9. The summed E-state index contributed by atoms with van der Waals surface area (Å²) in [5.74, 6) is 1.16. The Morgan fingerprint density at radius 3 is 2.12 bits per heavy atom. The Hall–Kier alpha value is -1.26. The Balaban J connectivity index is 1.34. The Labute approximate surface area is 145 Å². The van der Waals surface area contributed by atoms with Crippen LogP contribution in [0.15, 0.2) is 0 Å². The van der Waals surface area contributed by atoms with Gasteiger partial charge in [0.15, 0.2) is 0 Å². The molecule has 0 atom stereocenters. The number of nitrogens with one attached hydrogen (secondary N) is 2. The number of amides is 3. The van der Waals surface area contributed by atoms with Gasteiger partial charge in [-0.2, -0.15) is 0 Å². The second-order valence-corrected chi connectivity index (χ2v) is 7.94. The molecule has 1 heterocycles. The van der Waals surface area contributed by atoms with Gasteiger partial charge in [0.25, 0.3) is 0 Å². The van der Waals surface area contributed by atoms with Crippen molar-refractivity contribution in [1.82, 2.24) is 15.5 Å². The summed E-state index contributed by atoms with van der Waals surface area (Å²) in [5.41, 5.74) is 0. The Bertz CT molecular complexity index is 420. The molecule has 0 unspecified atom stereocenters. The summed E-state index contributed by atoms with van der Waals surface area (Å²) < 4.78 is 0. The molecule has 24 heavy (non-hydrogen) atoms. The number of urea groups is 1. The van der Waals surface area contributed by atoms with E-state index in [1.54, 1.807) is 0 Å². The maximum Gasteiger partial charge on any atom is 0.317 e. The highest BCUT2D eigenvalue weighted by Gasteiger charge is 2.27. The molecule has 3 rings (SSSR count). The first-order valence-corrected chi connectivity index (χ1v) is 10.1. The van der Waals surface area contributed by atoms with Gasteiger partial charge in [0, 0.05) is 31.6 Å². The van der Waals surface area contributed by atoms with E-state index >= 15 is 0 Å². The van der Waals surface area contributed by atoms with Crippen molar-refractivity contribution in [2.45, 2.75) is 76.7 Å². The monoisotopic (exact) mass is 335 g/mol. The summed E-state index contributed by atoms with van der Waals surface area (Å²) >= 11 is 0. The first kappa shape index (κ1) is 17.6. The SMILES string of the molecule is O=C(NC1CCN(C(=O)NCC2CCCC2)CC1)C1CCCCC1.